The van der Waals surface area contributed by atoms with Crippen LogP contribution in [-0.2, 0) is 11.3 Å². The molecule has 114 valence electrons. The minimum atomic E-state index is 0.643. The molecule has 1 heterocycles. The molecule has 0 amide bonds. The van der Waals surface area contributed by atoms with Gasteiger partial charge < -0.3 is 15.0 Å². The van der Waals surface area contributed by atoms with Crippen LogP contribution in [0, 0.1) is 5.92 Å². The highest BCUT2D eigenvalue weighted by Crippen LogP contribution is 2.23. The molecule has 0 fully saturated rings. The Morgan fingerprint density at radius 1 is 1.45 bits per heavy atom. The molecule has 0 aromatic carbocycles. The van der Waals surface area contributed by atoms with Gasteiger partial charge in [0.05, 0.1) is 5.02 Å². The Morgan fingerprint density at radius 2 is 2.20 bits per heavy atom. The Kier molecular flexibility index (Phi) is 7.88. The summed E-state index contributed by atoms with van der Waals surface area (Å²) in [5.74, 6) is 1.47. The zero-order valence-electron chi connectivity index (χ0n) is 12.9. The van der Waals surface area contributed by atoms with Gasteiger partial charge >= 0.3 is 0 Å². The van der Waals surface area contributed by atoms with Crippen LogP contribution in [0.5, 0.6) is 0 Å². The van der Waals surface area contributed by atoms with E-state index in [0.29, 0.717) is 10.9 Å². The first-order valence-corrected chi connectivity index (χ1v) is 7.47. The Morgan fingerprint density at radius 3 is 2.80 bits per heavy atom. The molecule has 0 atom stereocenters. The normalized spacial score (nSPS) is 11.1. The summed E-state index contributed by atoms with van der Waals surface area (Å²) >= 11 is 6.32. The molecular formula is C15H26ClN3O. The van der Waals surface area contributed by atoms with Crippen molar-refractivity contribution in [2.24, 2.45) is 5.92 Å². The molecule has 5 heteroatoms. The Hall–Kier alpha value is -0.840. The Labute approximate surface area is 127 Å². The molecule has 0 aliphatic rings. The molecule has 1 rings (SSSR count). The first kappa shape index (κ1) is 17.2. The predicted molar refractivity (Wildman–Crippen MR) is 85.6 cm³/mol. The highest BCUT2D eigenvalue weighted by molar-refractivity contribution is 6.33. The number of pyridine rings is 1. The minimum Gasteiger partial charge on any atom is -0.385 e. The molecule has 0 spiro atoms. The van der Waals surface area contributed by atoms with Crippen molar-refractivity contribution in [2.45, 2.75) is 26.8 Å². The van der Waals surface area contributed by atoms with E-state index in [1.54, 1.807) is 7.11 Å². The quantitative estimate of drug-likeness (QED) is 0.711. The summed E-state index contributed by atoms with van der Waals surface area (Å²) in [5, 5.41) is 4.09. The van der Waals surface area contributed by atoms with Crippen molar-refractivity contribution in [3.05, 3.63) is 22.8 Å². The molecule has 0 saturated heterocycles. The van der Waals surface area contributed by atoms with Gasteiger partial charge in [-0.25, -0.2) is 4.98 Å². The fraction of sp³-hybridized carbons (Fsp3) is 0.667. The monoisotopic (exact) mass is 299 g/mol. The van der Waals surface area contributed by atoms with Gasteiger partial charge in [0.15, 0.2) is 0 Å². The predicted octanol–water partition coefficient (Wildman–Crippen LogP) is 2.95. The zero-order valence-corrected chi connectivity index (χ0v) is 13.7. The topological polar surface area (TPSA) is 37.4 Å². The van der Waals surface area contributed by atoms with Gasteiger partial charge in [0.2, 0.25) is 0 Å². The van der Waals surface area contributed by atoms with Crippen LogP contribution < -0.4 is 10.2 Å². The summed E-state index contributed by atoms with van der Waals surface area (Å²) in [4.78, 5) is 6.53. The van der Waals surface area contributed by atoms with E-state index in [0.717, 1.165) is 44.0 Å². The van der Waals surface area contributed by atoms with Crippen LogP contribution >= 0.6 is 11.6 Å². The number of hydrogen-bond donors (Lipinski definition) is 1. The fourth-order valence-electron chi connectivity index (χ4n) is 1.91. The molecule has 1 aromatic rings. The number of ether oxygens (including phenoxy) is 1. The van der Waals surface area contributed by atoms with Gasteiger partial charge in [0.25, 0.3) is 0 Å². The standard InChI is InChI=1S/C15H26ClN3O/c1-12(2)9-17-10-13-8-14(16)15(18-11-13)19(3)6-5-7-20-4/h8,11-12,17H,5-7,9-10H2,1-4H3. The summed E-state index contributed by atoms with van der Waals surface area (Å²) in [6.07, 6.45) is 2.85. The number of halogens is 1. The number of rotatable bonds is 9. The number of aromatic nitrogens is 1. The summed E-state index contributed by atoms with van der Waals surface area (Å²) < 4.78 is 5.05. The molecule has 4 nitrogen and oxygen atoms in total. The molecule has 0 aliphatic heterocycles. The first-order valence-electron chi connectivity index (χ1n) is 7.09. The lowest BCUT2D eigenvalue weighted by Gasteiger charge is -2.19. The number of nitrogens with one attached hydrogen (secondary N) is 1. The van der Waals surface area contributed by atoms with Crippen LogP contribution in [0.15, 0.2) is 12.3 Å². The van der Waals surface area contributed by atoms with Crippen molar-refractivity contribution < 1.29 is 4.74 Å². The first-order chi connectivity index (χ1) is 9.54. The molecular weight excluding hydrogens is 274 g/mol. The largest absolute Gasteiger partial charge is 0.385 e. The van der Waals surface area contributed by atoms with Crippen molar-refractivity contribution in [3.8, 4) is 0 Å². The van der Waals surface area contributed by atoms with Crippen molar-refractivity contribution in [1.82, 2.24) is 10.3 Å². The Bertz CT molecular complexity index is 399. The van der Waals surface area contributed by atoms with Gasteiger partial charge in [-0.05, 0) is 30.5 Å². The van der Waals surface area contributed by atoms with Crippen molar-refractivity contribution in [3.63, 3.8) is 0 Å². The van der Waals surface area contributed by atoms with E-state index >= 15 is 0 Å². The molecule has 1 aromatic heterocycles. The third-order valence-electron chi connectivity index (χ3n) is 2.96. The maximum Gasteiger partial charge on any atom is 0.147 e. The zero-order chi connectivity index (χ0) is 15.0. The third kappa shape index (κ3) is 6.07. The minimum absolute atomic E-state index is 0.643. The fourth-order valence-corrected chi connectivity index (χ4v) is 2.24. The van der Waals surface area contributed by atoms with Crippen LogP contribution in [0.25, 0.3) is 0 Å². The average molecular weight is 300 g/mol. The summed E-state index contributed by atoms with van der Waals surface area (Å²) in [7, 11) is 3.71. The van der Waals surface area contributed by atoms with Crippen molar-refractivity contribution in [2.75, 3.05) is 38.8 Å². The third-order valence-corrected chi connectivity index (χ3v) is 3.24. The Balaban J connectivity index is 2.54. The lowest BCUT2D eigenvalue weighted by molar-refractivity contribution is 0.196. The van der Waals surface area contributed by atoms with Gasteiger partial charge in [0.1, 0.15) is 5.82 Å². The molecule has 0 bridgehead atoms. The number of nitrogens with zero attached hydrogens (tertiary/aromatic N) is 2. The summed E-state index contributed by atoms with van der Waals surface area (Å²) in [5.41, 5.74) is 1.12. The van der Waals surface area contributed by atoms with E-state index in [9.17, 15) is 0 Å². The molecule has 0 saturated carbocycles. The maximum atomic E-state index is 6.32. The van der Waals surface area contributed by atoms with Crippen LogP contribution in [0.2, 0.25) is 5.02 Å². The van der Waals surface area contributed by atoms with Crippen LogP contribution in [-0.4, -0.2) is 38.8 Å². The highest BCUT2D eigenvalue weighted by Gasteiger charge is 2.08. The van der Waals surface area contributed by atoms with Gasteiger partial charge in [-0.2, -0.15) is 0 Å². The van der Waals surface area contributed by atoms with E-state index in [1.165, 1.54) is 0 Å². The lowest BCUT2D eigenvalue weighted by atomic mass is 10.2. The maximum absolute atomic E-state index is 6.32. The van der Waals surface area contributed by atoms with E-state index in [2.05, 4.69) is 29.0 Å². The molecule has 1 N–H and O–H groups in total. The van der Waals surface area contributed by atoms with Crippen LogP contribution in [0.3, 0.4) is 0 Å². The molecule has 0 unspecified atom stereocenters. The number of methoxy groups -OCH3 is 1. The van der Waals surface area contributed by atoms with Gasteiger partial charge in [-0.1, -0.05) is 25.4 Å². The number of hydrogen-bond acceptors (Lipinski definition) is 4. The average Bonchev–Trinajstić information content (AvgIpc) is 2.38. The second kappa shape index (κ2) is 9.16. The smallest absolute Gasteiger partial charge is 0.147 e. The van der Waals surface area contributed by atoms with Gasteiger partial charge in [0, 0.05) is 40.1 Å². The van der Waals surface area contributed by atoms with Crippen LogP contribution in [0.1, 0.15) is 25.8 Å². The second-order valence-corrected chi connectivity index (χ2v) is 5.85. The van der Waals surface area contributed by atoms with Crippen molar-refractivity contribution >= 4 is 17.4 Å². The number of anilines is 1. The molecule has 0 radical (unpaired) electrons. The highest BCUT2D eigenvalue weighted by atomic mass is 35.5. The van der Waals surface area contributed by atoms with Gasteiger partial charge in [-0.15, -0.1) is 0 Å². The van der Waals surface area contributed by atoms with Crippen molar-refractivity contribution in [1.29, 1.82) is 0 Å². The molecule has 0 aliphatic carbocycles. The van der Waals surface area contributed by atoms with Crippen LogP contribution in [0.4, 0.5) is 5.82 Å². The van der Waals surface area contributed by atoms with E-state index in [4.69, 9.17) is 16.3 Å². The van der Waals surface area contributed by atoms with E-state index < -0.39 is 0 Å². The van der Waals surface area contributed by atoms with E-state index in [-0.39, 0.29) is 0 Å². The summed E-state index contributed by atoms with van der Waals surface area (Å²) in [6.45, 7) is 7.81. The SMILES string of the molecule is COCCCN(C)c1ncc(CNCC(C)C)cc1Cl. The molecule has 20 heavy (non-hydrogen) atoms. The van der Waals surface area contributed by atoms with E-state index in [1.807, 2.05) is 19.3 Å². The lowest BCUT2D eigenvalue weighted by Crippen LogP contribution is -2.22. The second-order valence-electron chi connectivity index (χ2n) is 5.44. The summed E-state index contributed by atoms with van der Waals surface area (Å²) in [6, 6.07) is 1.99. The van der Waals surface area contributed by atoms with Gasteiger partial charge in [-0.3, -0.25) is 0 Å².